The second-order valence-electron chi connectivity index (χ2n) is 5.05. The molecule has 2 N–H and O–H groups in total. The molecule has 0 aliphatic heterocycles. The van der Waals surface area contributed by atoms with Crippen LogP contribution >= 0.6 is 0 Å². The first-order chi connectivity index (χ1) is 6.71. The molecule has 1 amide bonds. The first-order valence-corrected chi connectivity index (χ1v) is 5.23. The minimum Gasteiger partial charge on any atom is -0.383 e. The number of rotatable bonds is 4. The summed E-state index contributed by atoms with van der Waals surface area (Å²) in [6, 6.07) is -0.419. The summed E-state index contributed by atoms with van der Waals surface area (Å²) < 4.78 is 4.87. The minimum absolute atomic E-state index is 0.0528. The minimum atomic E-state index is -0.565. The molecule has 0 aliphatic carbocycles. The Kier molecular flexibility index (Phi) is 5.24. The zero-order valence-corrected chi connectivity index (χ0v) is 10.7. The molecule has 2 atom stereocenters. The van der Waals surface area contributed by atoms with Gasteiger partial charge in [0.1, 0.15) is 6.04 Å². The van der Waals surface area contributed by atoms with E-state index in [0.717, 1.165) is 0 Å². The maximum Gasteiger partial charge on any atom is 0.241 e. The largest absolute Gasteiger partial charge is 0.383 e. The van der Waals surface area contributed by atoms with Gasteiger partial charge in [-0.2, -0.15) is 0 Å². The normalized spacial score (nSPS) is 15.9. The topological polar surface area (TPSA) is 55.6 Å². The molecule has 0 aromatic heterocycles. The average molecular weight is 216 g/mol. The zero-order chi connectivity index (χ0) is 12.2. The molecule has 4 nitrogen and oxygen atoms in total. The fourth-order valence-electron chi connectivity index (χ4n) is 1.28. The van der Waals surface area contributed by atoms with E-state index in [4.69, 9.17) is 10.5 Å². The number of carbonyl (C=O) groups is 1. The highest BCUT2D eigenvalue weighted by Gasteiger charge is 2.29. The Bertz CT molecular complexity index is 211. The second kappa shape index (κ2) is 5.47. The van der Waals surface area contributed by atoms with E-state index in [1.165, 1.54) is 0 Å². The molecule has 0 aromatic rings. The maximum absolute atomic E-state index is 11.8. The van der Waals surface area contributed by atoms with E-state index in [-0.39, 0.29) is 24.0 Å². The van der Waals surface area contributed by atoms with Gasteiger partial charge in [-0.25, -0.2) is 0 Å². The summed E-state index contributed by atoms with van der Waals surface area (Å²) >= 11 is 0. The summed E-state index contributed by atoms with van der Waals surface area (Å²) in [6.07, 6.45) is 0. The molecule has 2 unspecified atom stereocenters. The number of methoxy groups -OCH3 is 1. The van der Waals surface area contributed by atoms with Crippen LogP contribution in [-0.4, -0.2) is 43.7 Å². The van der Waals surface area contributed by atoms with E-state index in [9.17, 15) is 4.79 Å². The predicted octanol–water partition coefficient (Wildman–Crippen LogP) is 0.853. The number of ether oxygens (including phenoxy) is 1. The van der Waals surface area contributed by atoms with E-state index in [1.54, 1.807) is 19.1 Å². The van der Waals surface area contributed by atoms with E-state index in [2.05, 4.69) is 20.8 Å². The van der Waals surface area contributed by atoms with Crippen LogP contribution in [0.3, 0.4) is 0 Å². The van der Waals surface area contributed by atoms with Crippen LogP contribution in [0, 0.1) is 5.41 Å². The van der Waals surface area contributed by atoms with Crippen LogP contribution in [-0.2, 0) is 9.53 Å². The van der Waals surface area contributed by atoms with Crippen molar-refractivity contribution in [2.24, 2.45) is 11.1 Å². The Morgan fingerprint density at radius 1 is 1.47 bits per heavy atom. The molecule has 0 aromatic carbocycles. The fourth-order valence-corrected chi connectivity index (χ4v) is 1.28. The Morgan fingerprint density at radius 2 is 1.93 bits per heavy atom. The van der Waals surface area contributed by atoms with Gasteiger partial charge in [-0.3, -0.25) is 4.79 Å². The number of nitrogens with two attached hydrogens (primary N) is 1. The summed E-state index contributed by atoms with van der Waals surface area (Å²) in [5.74, 6) is -0.0701. The van der Waals surface area contributed by atoms with Crippen molar-refractivity contribution in [1.82, 2.24) is 4.90 Å². The lowest BCUT2D eigenvalue weighted by atomic mass is 9.87. The second-order valence-corrected chi connectivity index (χ2v) is 5.05. The molecule has 15 heavy (non-hydrogen) atoms. The summed E-state index contributed by atoms with van der Waals surface area (Å²) in [5.41, 5.74) is 5.75. The lowest BCUT2D eigenvalue weighted by Gasteiger charge is -2.36. The molecule has 0 saturated heterocycles. The van der Waals surface area contributed by atoms with Crippen molar-refractivity contribution < 1.29 is 9.53 Å². The molecule has 0 spiro atoms. The summed E-state index contributed by atoms with van der Waals surface area (Å²) in [6.45, 7) is 8.59. The lowest BCUT2D eigenvalue weighted by Crippen LogP contribution is -2.51. The van der Waals surface area contributed by atoms with Crippen LogP contribution in [0.15, 0.2) is 0 Å². The van der Waals surface area contributed by atoms with Crippen molar-refractivity contribution >= 4 is 5.91 Å². The fraction of sp³-hybridized carbons (Fsp3) is 0.909. The SMILES string of the molecule is COCC(N)C(=O)N(C)C(C)C(C)(C)C. The van der Waals surface area contributed by atoms with Crippen molar-refractivity contribution in [1.29, 1.82) is 0 Å². The Morgan fingerprint density at radius 3 is 2.27 bits per heavy atom. The number of amides is 1. The number of likely N-dealkylation sites (N-methyl/N-ethyl adjacent to an activating group) is 1. The maximum atomic E-state index is 11.8. The number of hydrogen-bond donors (Lipinski definition) is 1. The molecule has 0 radical (unpaired) electrons. The van der Waals surface area contributed by atoms with E-state index >= 15 is 0 Å². The molecule has 0 rings (SSSR count). The molecule has 0 fully saturated rings. The van der Waals surface area contributed by atoms with Crippen LogP contribution in [0.1, 0.15) is 27.7 Å². The lowest BCUT2D eigenvalue weighted by molar-refractivity contribution is -0.136. The highest BCUT2D eigenvalue weighted by atomic mass is 16.5. The molecule has 90 valence electrons. The standard InChI is InChI=1S/C11H24N2O2/c1-8(11(2,3)4)13(5)10(14)9(12)7-15-6/h8-9H,7,12H2,1-6H3. The third kappa shape index (κ3) is 4.18. The van der Waals surface area contributed by atoms with Crippen molar-refractivity contribution in [2.75, 3.05) is 20.8 Å². The van der Waals surface area contributed by atoms with Crippen LogP contribution in [0.5, 0.6) is 0 Å². The van der Waals surface area contributed by atoms with Gasteiger partial charge in [0, 0.05) is 20.2 Å². The first-order valence-electron chi connectivity index (χ1n) is 5.23. The molecule has 0 aliphatic rings. The summed E-state index contributed by atoms with van der Waals surface area (Å²) in [5, 5.41) is 0. The summed E-state index contributed by atoms with van der Waals surface area (Å²) in [4.78, 5) is 13.5. The van der Waals surface area contributed by atoms with Crippen LogP contribution < -0.4 is 5.73 Å². The highest BCUT2D eigenvalue weighted by Crippen LogP contribution is 2.23. The van der Waals surface area contributed by atoms with Gasteiger partial charge in [0.2, 0.25) is 5.91 Å². The van der Waals surface area contributed by atoms with Crippen LogP contribution in [0.2, 0.25) is 0 Å². The van der Waals surface area contributed by atoms with Gasteiger partial charge in [-0.1, -0.05) is 20.8 Å². The van der Waals surface area contributed by atoms with Gasteiger partial charge in [0.05, 0.1) is 6.61 Å². The monoisotopic (exact) mass is 216 g/mol. The van der Waals surface area contributed by atoms with E-state index in [0.29, 0.717) is 0 Å². The van der Waals surface area contributed by atoms with Gasteiger partial charge in [-0.05, 0) is 12.3 Å². The number of carbonyl (C=O) groups excluding carboxylic acids is 1. The quantitative estimate of drug-likeness (QED) is 0.758. The van der Waals surface area contributed by atoms with E-state index in [1.807, 2.05) is 6.92 Å². The Balaban J connectivity index is 4.44. The molecule has 0 bridgehead atoms. The highest BCUT2D eigenvalue weighted by molar-refractivity contribution is 5.81. The van der Waals surface area contributed by atoms with Crippen molar-refractivity contribution in [2.45, 2.75) is 39.8 Å². The first kappa shape index (κ1) is 14.4. The van der Waals surface area contributed by atoms with Gasteiger partial charge in [0.15, 0.2) is 0 Å². The van der Waals surface area contributed by atoms with E-state index < -0.39 is 6.04 Å². The van der Waals surface area contributed by atoms with Gasteiger partial charge in [-0.15, -0.1) is 0 Å². The number of hydrogen-bond acceptors (Lipinski definition) is 3. The molecular weight excluding hydrogens is 192 g/mol. The van der Waals surface area contributed by atoms with Crippen LogP contribution in [0.4, 0.5) is 0 Å². The van der Waals surface area contributed by atoms with Crippen molar-refractivity contribution in [3.63, 3.8) is 0 Å². The van der Waals surface area contributed by atoms with Crippen molar-refractivity contribution in [3.8, 4) is 0 Å². The Hall–Kier alpha value is -0.610. The third-order valence-corrected chi connectivity index (χ3v) is 2.85. The molecule has 4 heteroatoms. The molecule has 0 heterocycles. The van der Waals surface area contributed by atoms with Gasteiger partial charge >= 0.3 is 0 Å². The van der Waals surface area contributed by atoms with Gasteiger partial charge in [0.25, 0.3) is 0 Å². The Labute approximate surface area is 92.8 Å². The smallest absolute Gasteiger partial charge is 0.241 e. The van der Waals surface area contributed by atoms with Crippen molar-refractivity contribution in [3.05, 3.63) is 0 Å². The molecular formula is C11H24N2O2. The number of nitrogens with zero attached hydrogens (tertiary/aromatic N) is 1. The van der Waals surface area contributed by atoms with Gasteiger partial charge < -0.3 is 15.4 Å². The molecule has 0 saturated carbocycles. The zero-order valence-electron chi connectivity index (χ0n) is 10.7. The van der Waals surface area contributed by atoms with Crippen LogP contribution in [0.25, 0.3) is 0 Å². The third-order valence-electron chi connectivity index (χ3n) is 2.85. The summed E-state index contributed by atoms with van der Waals surface area (Å²) in [7, 11) is 3.33. The average Bonchev–Trinajstić information content (AvgIpc) is 2.13. The predicted molar refractivity (Wildman–Crippen MR) is 61.5 cm³/mol.